The molecule has 2 rings (SSSR count). The molecule has 0 bridgehead atoms. The van der Waals surface area contributed by atoms with Gasteiger partial charge in [0.05, 0.1) is 16.5 Å². The Bertz CT molecular complexity index is 639. The first kappa shape index (κ1) is 18.4. The van der Waals surface area contributed by atoms with Crippen LogP contribution in [0, 0.1) is 11.3 Å². The van der Waals surface area contributed by atoms with Crippen molar-refractivity contribution in [1.82, 2.24) is 9.62 Å². The molecule has 0 unspecified atom stereocenters. The van der Waals surface area contributed by atoms with Crippen LogP contribution >= 0.6 is 28.3 Å². The van der Waals surface area contributed by atoms with Gasteiger partial charge in [-0.2, -0.15) is 9.57 Å². The first-order valence-electron chi connectivity index (χ1n) is 6.34. The maximum absolute atomic E-state index is 12.6. The Kier molecular flexibility index (Phi) is 6.63. The van der Waals surface area contributed by atoms with Crippen molar-refractivity contribution in [1.29, 1.82) is 5.26 Å². The second kappa shape index (κ2) is 7.56. The van der Waals surface area contributed by atoms with Gasteiger partial charge in [-0.25, -0.2) is 8.42 Å². The first-order chi connectivity index (χ1) is 9.45. The maximum atomic E-state index is 12.6. The monoisotopic (exact) mass is 393 g/mol. The Morgan fingerprint density at radius 3 is 2.52 bits per heavy atom. The molecule has 1 heterocycles. The van der Waals surface area contributed by atoms with Gasteiger partial charge in [0, 0.05) is 17.6 Å². The number of piperidine rings is 1. The van der Waals surface area contributed by atoms with Crippen LogP contribution in [0.3, 0.4) is 0 Å². The molecule has 0 amide bonds. The number of benzene rings is 1. The van der Waals surface area contributed by atoms with Crippen LogP contribution in [0.5, 0.6) is 0 Å². The van der Waals surface area contributed by atoms with Gasteiger partial charge in [-0.05, 0) is 44.1 Å². The number of hydrogen-bond acceptors (Lipinski definition) is 4. The van der Waals surface area contributed by atoms with Crippen molar-refractivity contribution in [2.24, 2.45) is 0 Å². The van der Waals surface area contributed by atoms with E-state index in [1.54, 1.807) is 13.1 Å². The largest absolute Gasteiger partial charge is 0.317 e. The highest BCUT2D eigenvalue weighted by molar-refractivity contribution is 9.10. The van der Waals surface area contributed by atoms with Crippen LogP contribution in [-0.4, -0.2) is 38.9 Å². The molecular formula is C13H17BrClN3O2S. The Morgan fingerprint density at radius 2 is 1.95 bits per heavy atom. The molecule has 116 valence electrons. The summed E-state index contributed by atoms with van der Waals surface area (Å²) in [6.45, 7) is 1.65. The van der Waals surface area contributed by atoms with Gasteiger partial charge in [0.1, 0.15) is 0 Å². The molecule has 21 heavy (non-hydrogen) atoms. The molecule has 0 saturated carbocycles. The predicted octanol–water partition coefficient (Wildman–Crippen LogP) is 2.12. The molecule has 1 aromatic rings. The SMILES string of the molecule is CN(C1CCNCC1)S(=O)(=O)c1cc(Br)cc(C#N)c1.Cl. The van der Waals surface area contributed by atoms with Crippen molar-refractivity contribution in [2.45, 2.75) is 23.8 Å². The zero-order chi connectivity index (χ0) is 14.8. The molecule has 5 nitrogen and oxygen atoms in total. The van der Waals surface area contributed by atoms with Crippen molar-refractivity contribution >= 4 is 38.4 Å². The maximum Gasteiger partial charge on any atom is 0.243 e. The fraction of sp³-hybridized carbons (Fsp3) is 0.462. The van der Waals surface area contributed by atoms with Crippen LogP contribution in [0.4, 0.5) is 0 Å². The average molecular weight is 395 g/mol. The molecule has 1 aromatic carbocycles. The lowest BCUT2D eigenvalue weighted by atomic mass is 10.1. The van der Waals surface area contributed by atoms with E-state index < -0.39 is 10.0 Å². The zero-order valence-electron chi connectivity index (χ0n) is 11.5. The first-order valence-corrected chi connectivity index (χ1v) is 8.58. The third kappa shape index (κ3) is 4.18. The Labute approximate surface area is 139 Å². The summed E-state index contributed by atoms with van der Waals surface area (Å²) in [5.74, 6) is 0. The minimum Gasteiger partial charge on any atom is -0.317 e. The molecule has 0 spiro atoms. The summed E-state index contributed by atoms with van der Waals surface area (Å²) in [5.41, 5.74) is 0.330. The Balaban J connectivity index is 0.00000220. The molecule has 1 fully saturated rings. The summed E-state index contributed by atoms with van der Waals surface area (Å²) in [6.07, 6.45) is 1.60. The van der Waals surface area contributed by atoms with Crippen molar-refractivity contribution in [3.05, 3.63) is 28.2 Å². The summed E-state index contributed by atoms with van der Waals surface area (Å²) >= 11 is 3.25. The van der Waals surface area contributed by atoms with Crippen molar-refractivity contribution in [2.75, 3.05) is 20.1 Å². The molecule has 0 radical (unpaired) electrons. The van der Waals surface area contributed by atoms with E-state index in [-0.39, 0.29) is 23.3 Å². The van der Waals surface area contributed by atoms with Gasteiger partial charge < -0.3 is 5.32 Å². The highest BCUT2D eigenvalue weighted by Gasteiger charge is 2.29. The van der Waals surface area contributed by atoms with Gasteiger partial charge in [0.2, 0.25) is 10.0 Å². The van der Waals surface area contributed by atoms with E-state index in [1.165, 1.54) is 16.4 Å². The standard InChI is InChI=1S/C13H16BrN3O2S.ClH/c1-17(12-2-4-16-5-3-12)20(18,19)13-7-10(9-15)6-11(14)8-13;/h6-8,12,16H,2-5H2,1H3;1H. The molecule has 8 heteroatoms. The Hall–Kier alpha value is -0.650. The van der Waals surface area contributed by atoms with Crippen LogP contribution in [0.25, 0.3) is 0 Å². The second-order valence-electron chi connectivity index (χ2n) is 4.79. The van der Waals surface area contributed by atoms with Crippen molar-refractivity contribution in [3.63, 3.8) is 0 Å². The fourth-order valence-electron chi connectivity index (χ4n) is 2.31. The van der Waals surface area contributed by atoms with Crippen LogP contribution in [0.1, 0.15) is 18.4 Å². The topological polar surface area (TPSA) is 73.2 Å². The molecule has 1 N–H and O–H groups in total. The van der Waals surface area contributed by atoms with Gasteiger partial charge >= 0.3 is 0 Å². The van der Waals surface area contributed by atoms with Crippen LogP contribution in [0.15, 0.2) is 27.6 Å². The number of halogens is 2. The lowest BCUT2D eigenvalue weighted by molar-refractivity contribution is 0.296. The van der Waals surface area contributed by atoms with E-state index in [4.69, 9.17) is 5.26 Å². The summed E-state index contributed by atoms with van der Waals surface area (Å²) < 4.78 is 27.3. The van der Waals surface area contributed by atoms with E-state index in [2.05, 4.69) is 21.2 Å². The summed E-state index contributed by atoms with van der Waals surface area (Å²) in [5, 5.41) is 12.2. The highest BCUT2D eigenvalue weighted by atomic mass is 79.9. The summed E-state index contributed by atoms with van der Waals surface area (Å²) in [6, 6.07) is 6.53. The lowest BCUT2D eigenvalue weighted by Crippen LogP contribution is -2.43. The molecule has 0 atom stereocenters. The molecule has 1 saturated heterocycles. The van der Waals surface area contributed by atoms with Gasteiger partial charge in [-0.15, -0.1) is 12.4 Å². The number of sulfonamides is 1. The fourth-order valence-corrected chi connectivity index (χ4v) is 4.44. The number of nitriles is 1. The van der Waals surface area contributed by atoms with Crippen LogP contribution in [-0.2, 0) is 10.0 Å². The number of nitrogens with one attached hydrogen (secondary N) is 1. The van der Waals surface area contributed by atoms with E-state index in [0.29, 0.717) is 10.0 Å². The Morgan fingerprint density at radius 1 is 1.33 bits per heavy atom. The minimum absolute atomic E-state index is 0. The third-order valence-electron chi connectivity index (χ3n) is 3.50. The minimum atomic E-state index is -3.57. The van der Waals surface area contributed by atoms with Crippen molar-refractivity contribution < 1.29 is 8.42 Å². The van der Waals surface area contributed by atoms with Gasteiger partial charge in [0.15, 0.2) is 0 Å². The lowest BCUT2D eigenvalue weighted by Gasteiger charge is -2.30. The number of nitrogens with zero attached hydrogens (tertiary/aromatic N) is 2. The molecule has 0 aliphatic carbocycles. The number of hydrogen-bond donors (Lipinski definition) is 1. The average Bonchev–Trinajstić information content (AvgIpc) is 2.46. The van der Waals surface area contributed by atoms with Crippen LogP contribution < -0.4 is 5.32 Å². The molecular weight excluding hydrogens is 378 g/mol. The smallest absolute Gasteiger partial charge is 0.243 e. The van der Waals surface area contributed by atoms with Gasteiger partial charge in [-0.1, -0.05) is 15.9 Å². The highest BCUT2D eigenvalue weighted by Crippen LogP contribution is 2.24. The zero-order valence-corrected chi connectivity index (χ0v) is 14.8. The van der Waals surface area contributed by atoms with E-state index in [9.17, 15) is 8.42 Å². The quantitative estimate of drug-likeness (QED) is 0.852. The van der Waals surface area contributed by atoms with Gasteiger partial charge in [-0.3, -0.25) is 0 Å². The van der Waals surface area contributed by atoms with Crippen molar-refractivity contribution in [3.8, 4) is 6.07 Å². The third-order valence-corrected chi connectivity index (χ3v) is 5.85. The van der Waals surface area contributed by atoms with E-state index >= 15 is 0 Å². The molecule has 0 aromatic heterocycles. The summed E-state index contributed by atoms with van der Waals surface area (Å²) in [7, 11) is -1.96. The predicted molar refractivity (Wildman–Crippen MR) is 86.9 cm³/mol. The van der Waals surface area contributed by atoms with Gasteiger partial charge in [0.25, 0.3) is 0 Å². The summed E-state index contributed by atoms with van der Waals surface area (Å²) in [4.78, 5) is 0.157. The number of rotatable bonds is 3. The molecule has 1 aliphatic rings. The van der Waals surface area contributed by atoms with E-state index in [1.807, 2.05) is 6.07 Å². The van der Waals surface area contributed by atoms with Crippen LogP contribution in [0.2, 0.25) is 0 Å². The van der Waals surface area contributed by atoms with E-state index in [0.717, 1.165) is 25.9 Å². The molecule has 1 aliphatic heterocycles. The normalized spacial score (nSPS) is 16.3. The second-order valence-corrected chi connectivity index (χ2v) is 7.70.